The first kappa shape index (κ1) is 29.8. The number of fused-ring (bicyclic) bond motifs is 5. The van der Waals surface area contributed by atoms with E-state index in [1.54, 1.807) is 0 Å². The van der Waals surface area contributed by atoms with E-state index >= 15 is 0 Å². The predicted molar refractivity (Wildman–Crippen MR) is 156 cm³/mol. The topological polar surface area (TPSA) is 52.6 Å². The van der Waals surface area contributed by atoms with E-state index in [1.165, 1.54) is 32.1 Å². The molecule has 4 rings (SSSR count). The Kier molecular flexibility index (Phi) is 9.23. The molecular formula is C33H52O4S. The molecule has 0 radical (unpaired) electrons. The van der Waals surface area contributed by atoms with Crippen LogP contribution in [0.5, 0.6) is 0 Å². The molecule has 0 spiro atoms. The van der Waals surface area contributed by atoms with Crippen LogP contribution in [-0.2, 0) is 19.1 Å². The number of hydrogen-bond acceptors (Lipinski definition) is 5. The third-order valence-corrected chi connectivity index (χ3v) is 12.8. The highest BCUT2D eigenvalue weighted by Crippen LogP contribution is 2.71. The Morgan fingerprint density at radius 2 is 1.63 bits per heavy atom. The van der Waals surface area contributed by atoms with Crippen molar-refractivity contribution in [2.75, 3.05) is 11.5 Å². The highest BCUT2D eigenvalue weighted by atomic mass is 32.2. The second-order valence-corrected chi connectivity index (χ2v) is 14.5. The van der Waals surface area contributed by atoms with Gasteiger partial charge in [0.25, 0.3) is 0 Å². The summed E-state index contributed by atoms with van der Waals surface area (Å²) >= 11 is 2.01. The highest BCUT2D eigenvalue weighted by molar-refractivity contribution is 7.99. The molecule has 214 valence electrons. The minimum Gasteiger partial charge on any atom is -0.458 e. The van der Waals surface area contributed by atoms with Gasteiger partial charge >= 0.3 is 11.9 Å². The van der Waals surface area contributed by atoms with Gasteiger partial charge in [0.2, 0.25) is 0 Å². The van der Waals surface area contributed by atoms with Gasteiger partial charge in [-0.15, -0.1) is 6.42 Å². The molecule has 4 fully saturated rings. The molecule has 0 heterocycles. The summed E-state index contributed by atoms with van der Waals surface area (Å²) in [6.45, 7) is 10.9. The molecule has 0 aromatic carbocycles. The van der Waals surface area contributed by atoms with Crippen LogP contribution >= 0.6 is 11.8 Å². The Morgan fingerprint density at radius 3 is 2.32 bits per heavy atom. The van der Waals surface area contributed by atoms with Crippen molar-refractivity contribution in [2.24, 2.45) is 34.5 Å². The summed E-state index contributed by atoms with van der Waals surface area (Å²) in [6, 6.07) is 0. The minimum absolute atomic E-state index is 0.0229. The van der Waals surface area contributed by atoms with Crippen molar-refractivity contribution in [3.63, 3.8) is 0 Å². The first-order valence-electron chi connectivity index (χ1n) is 15.6. The van der Waals surface area contributed by atoms with Crippen molar-refractivity contribution >= 4 is 23.7 Å². The van der Waals surface area contributed by atoms with Crippen LogP contribution in [0.4, 0.5) is 0 Å². The van der Waals surface area contributed by atoms with E-state index in [4.69, 9.17) is 15.9 Å². The molecule has 0 aromatic heterocycles. The molecule has 0 aliphatic heterocycles. The second kappa shape index (κ2) is 11.8. The zero-order valence-corrected chi connectivity index (χ0v) is 25.6. The number of rotatable bonds is 11. The van der Waals surface area contributed by atoms with E-state index in [9.17, 15) is 9.59 Å². The molecule has 5 heteroatoms. The van der Waals surface area contributed by atoms with Gasteiger partial charge < -0.3 is 9.47 Å². The number of thioether (sulfide) groups is 1. The number of unbranched alkanes of at least 4 members (excludes halogenated alkanes) is 3. The lowest BCUT2D eigenvalue weighted by Crippen LogP contribution is -2.57. The molecule has 0 aromatic rings. The van der Waals surface area contributed by atoms with Gasteiger partial charge in [-0.1, -0.05) is 59.8 Å². The van der Waals surface area contributed by atoms with E-state index in [1.807, 2.05) is 25.6 Å². The summed E-state index contributed by atoms with van der Waals surface area (Å²) < 4.78 is 12.5. The maximum Gasteiger partial charge on any atom is 0.307 e. The van der Waals surface area contributed by atoms with Gasteiger partial charge in [-0.2, -0.15) is 11.8 Å². The fourth-order valence-corrected chi connectivity index (χ4v) is 10.8. The van der Waals surface area contributed by atoms with Gasteiger partial charge in [0.15, 0.2) is 5.60 Å². The molecule has 0 N–H and O–H groups in total. The van der Waals surface area contributed by atoms with Crippen molar-refractivity contribution in [1.29, 1.82) is 0 Å². The molecule has 0 bridgehead atoms. The smallest absolute Gasteiger partial charge is 0.307 e. The minimum atomic E-state index is -0.743. The maximum atomic E-state index is 12.8. The summed E-state index contributed by atoms with van der Waals surface area (Å²) in [4.78, 5) is 25.1. The molecule has 0 amide bonds. The highest BCUT2D eigenvalue weighted by Gasteiger charge is 2.68. The average Bonchev–Trinajstić information content (AvgIpc) is 3.37. The van der Waals surface area contributed by atoms with Crippen LogP contribution < -0.4 is 0 Å². The van der Waals surface area contributed by atoms with E-state index in [2.05, 4.69) is 26.7 Å². The Morgan fingerprint density at radius 1 is 0.921 bits per heavy atom. The van der Waals surface area contributed by atoms with E-state index in [0.717, 1.165) is 56.5 Å². The number of ether oxygens (including phenoxy) is 2. The number of carbonyl (C=O) groups is 2. The molecule has 4 saturated carbocycles. The van der Waals surface area contributed by atoms with Crippen molar-refractivity contribution in [1.82, 2.24) is 0 Å². The van der Waals surface area contributed by atoms with Crippen molar-refractivity contribution < 1.29 is 19.1 Å². The van der Waals surface area contributed by atoms with Crippen LogP contribution in [0.3, 0.4) is 0 Å². The van der Waals surface area contributed by atoms with Crippen molar-refractivity contribution in [2.45, 2.75) is 136 Å². The summed E-state index contributed by atoms with van der Waals surface area (Å²) in [7, 11) is 0. The van der Waals surface area contributed by atoms with Gasteiger partial charge in [0.05, 0.1) is 0 Å². The van der Waals surface area contributed by atoms with Crippen molar-refractivity contribution in [3.8, 4) is 12.3 Å². The second-order valence-electron chi connectivity index (χ2n) is 13.4. The molecule has 0 saturated heterocycles. The van der Waals surface area contributed by atoms with Crippen LogP contribution in [-0.4, -0.2) is 34.6 Å². The van der Waals surface area contributed by atoms with Gasteiger partial charge in [-0.3, -0.25) is 9.59 Å². The van der Waals surface area contributed by atoms with E-state index in [-0.39, 0.29) is 28.4 Å². The van der Waals surface area contributed by atoms with Gasteiger partial charge in [0.1, 0.15) is 5.60 Å². The summed E-state index contributed by atoms with van der Waals surface area (Å²) in [5, 5.41) is 0. The molecule has 8 atom stereocenters. The molecule has 4 aliphatic rings. The number of carbonyl (C=O) groups excluding carboxylic acids is 2. The summed E-state index contributed by atoms with van der Waals surface area (Å²) in [6.07, 6.45) is 20.4. The Hall–Kier alpha value is -1.15. The fraction of sp³-hybridized carbons (Fsp3) is 0.879. The van der Waals surface area contributed by atoms with Gasteiger partial charge in [0, 0.05) is 36.9 Å². The molecule has 4 nitrogen and oxygen atoms in total. The molecular weight excluding hydrogens is 492 g/mol. The van der Waals surface area contributed by atoms with Crippen LogP contribution in [0.1, 0.15) is 125 Å². The Balaban J connectivity index is 1.54. The Labute approximate surface area is 236 Å². The zero-order valence-electron chi connectivity index (χ0n) is 24.7. The normalized spacial score (nSPS) is 41.5. The Bertz CT molecular complexity index is 911. The number of hydrogen-bond donors (Lipinski definition) is 0. The summed E-state index contributed by atoms with van der Waals surface area (Å²) in [5.74, 6) is 7.13. The zero-order chi connectivity index (χ0) is 27.6. The standard InChI is InChI=1S/C33H52O4S/c1-7-11-12-13-20-38-23-33(37-29(35)9-3)19-17-27-25-15-14-24-21-32(10-4,36-28(34)8-2)22-30(24,5)26(25)16-18-31(27,33)6/h4,24-27H,7-9,11-23H2,1-3,5-6H3/t24-,25+,26-,27-,30-,31-,32+,33+/m0/s1. The largest absolute Gasteiger partial charge is 0.458 e. The number of esters is 2. The lowest BCUT2D eigenvalue weighted by Gasteiger charge is -2.59. The van der Waals surface area contributed by atoms with E-state index in [0.29, 0.717) is 36.5 Å². The number of terminal acetylenes is 1. The van der Waals surface area contributed by atoms with Crippen LogP contribution in [0.25, 0.3) is 0 Å². The van der Waals surface area contributed by atoms with Crippen LogP contribution in [0.15, 0.2) is 0 Å². The quantitative estimate of drug-likeness (QED) is 0.150. The summed E-state index contributed by atoms with van der Waals surface area (Å²) in [5.41, 5.74) is -0.969. The monoisotopic (exact) mass is 544 g/mol. The first-order valence-corrected chi connectivity index (χ1v) is 16.8. The lowest BCUT2D eigenvalue weighted by atomic mass is 9.47. The third-order valence-electron chi connectivity index (χ3n) is 11.5. The van der Waals surface area contributed by atoms with Gasteiger partial charge in [-0.25, -0.2) is 0 Å². The first-order chi connectivity index (χ1) is 18.1. The SMILES string of the molecule is C#C[C@@]1(OC(=O)CC)C[C@@H]2CC[C@@H]3[C@H](CC[C@@]4(C)[C@H]3CC[C@]4(CSCCCCCC)OC(=O)CC)[C@@]2(C)C1. The van der Waals surface area contributed by atoms with Gasteiger partial charge in [-0.05, 0) is 79.8 Å². The van der Waals surface area contributed by atoms with Crippen LogP contribution in [0, 0.1) is 46.8 Å². The third kappa shape index (κ3) is 5.17. The average molecular weight is 545 g/mol. The molecule has 38 heavy (non-hydrogen) atoms. The molecule has 0 unspecified atom stereocenters. The molecule has 4 aliphatic carbocycles. The lowest BCUT2D eigenvalue weighted by molar-refractivity contribution is -0.181. The fourth-order valence-electron chi connectivity index (χ4n) is 9.42. The maximum absolute atomic E-state index is 12.8. The van der Waals surface area contributed by atoms with E-state index < -0.39 is 5.60 Å². The van der Waals surface area contributed by atoms with Crippen molar-refractivity contribution in [3.05, 3.63) is 0 Å². The predicted octanol–water partition coefficient (Wildman–Crippen LogP) is 7.97. The van der Waals surface area contributed by atoms with Crippen LogP contribution in [0.2, 0.25) is 0 Å².